The smallest absolute Gasteiger partial charge is 0.409 e. The number of rotatable bonds is 3. The highest BCUT2D eigenvalue weighted by Crippen LogP contribution is 2.37. The fraction of sp³-hybridized carbons (Fsp3) is 0.211. The second-order valence-corrected chi connectivity index (χ2v) is 6.02. The molecule has 2 amide bonds. The fourth-order valence-electron chi connectivity index (χ4n) is 2.87. The SMILES string of the molecule is N#Cc1cccc(OCC(=O)N2c3ccccc3NC(=O)C[C@@H]2C(F)(F)F)c1. The molecule has 0 unspecified atom stereocenters. The first-order valence-corrected chi connectivity index (χ1v) is 8.20. The van der Waals surface area contributed by atoms with E-state index >= 15 is 0 Å². The zero-order valence-electron chi connectivity index (χ0n) is 14.4. The summed E-state index contributed by atoms with van der Waals surface area (Å²) in [7, 11) is 0. The third-order valence-corrected chi connectivity index (χ3v) is 4.10. The van der Waals surface area contributed by atoms with Crippen LogP contribution in [0.3, 0.4) is 0 Å². The van der Waals surface area contributed by atoms with Crippen molar-refractivity contribution in [1.82, 2.24) is 0 Å². The number of para-hydroxylation sites is 2. The number of anilines is 2. The summed E-state index contributed by atoms with van der Waals surface area (Å²) >= 11 is 0. The first-order valence-electron chi connectivity index (χ1n) is 8.20. The van der Waals surface area contributed by atoms with Crippen molar-refractivity contribution >= 4 is 23.2 Å². The molecule has 1 N–H and O–H groups in total. The van der Waals surface area contributed by atoms with Gasteiger partial charge in [-0.2, -0.15) is 18.4 Å². The van der Waals surface area contributed by atoms with Crippen molar-refractivity contribution in [2.24, 2.45) is 0 Å². The van der Waals surface area contributed by atoms with Crippen LogP contribution in [0.15, 0.2) is 48.5 Å². The maximum Gasteiger partial charge on any atom is 0.409 e. The van der Waals surface area contributed by atoms with Crippen LogP contribution in [0.5, 0.6) is 5.75 Å². The Morgan fingerprint density at radius 1 is 1.25 bits per heavy atom. The molecule has 2 aromatic rings. The average molecular weight is 389 g/mol. The third-order valence-electron chi connectivity index (χ3n) is 4.10. The molecular formula is C19H14F3N3O3. The van der Waals surface area contributed by atoms with Gasteiger partial charge in [0.1, 0.15) is 11.8 Å². The minimum absolute atomic E-state index is 0.0601. The van der Waals surface area contributed by atoms with E-state index < -0.39 is 37.1 Å². The molecule has 0 aliphatic carbocycles. The van der Waals surface area contributed by atoms with Crippen molar-refractivity contribution in [3.8, 4) is 11.8 Å². The van der Waals surface area contributed by atoms with Crippen molar-refractivity contribution in [2.75, 3.05) is 16.8 Å². The minimum atomic E-state index is -4.81. The van der Waals surface area contributed by atoms with E-state index in [1.54, 1.807) is 6.07 Å². The lowest BCUT2D eigenvalue weighted by Crippen LogP contribution is -2.51. The molecule has 1 heterocycles. The summed E-state index contributed by atoms with van der Waals surface area (Å²) < 4.78 is 46.1. The normalized spacial score (nSPS) is 16.4. The zero-order valence-corrected chi connectivity index (χ0v) is 14.4. The molecular weight excluding hydrogens is 375 g/mol. The molecule has 28 heavy (non-hydrogen) atoms. The highest BCUT2D eigenvalue weighted by Gasteiger charge is 2.49. The maximum absolute atomic E-state index is 13.6. The van der Waals surface area contributed by atoms with Crippen LogP contribution in [0.25, 0.3) is 0 Å². The van der Waals surface area contributed by atoms with Crippen LogP contribution in [0.2, 0.25) is 0 Å². The van der Waals surface area contributed by atoms with Gasteiger partial charge >= 0.3 is 6.18 Å². The highest BCUT2D eigenvalue weighted by molar-refractivity contribution is 6.05. The van der Waals surface area contributed by atoms with E-state index in [2.05, 4.69) is 5.32 Å². The number of amides is 2. The largest absolute Gasteiger partial charge is 0.484 e. The predicted octanol–water partition coefficient (Wildman–Crippen LogP) is 3.24. The number of benzene rings is 2. The molecule has 6 nitrogen and oxygen atoms in total. The molecule has 3 rings (SSSR count). The molecule has 0 fully saturated rings. The van der Waals surface area contributed by atoms with Crippen molar-refractivity contribution < 1.29 is 27.5 Å². The van der Waals surface area contributed by atoms with Gasteiger partial charge in [0, 0.05) is 0 Å². The van der Waals surface area contributed by atoms with Crippen molar-refractivity contribution in [3.05, 3.63) is 54.1 Å². The first-order chi connectivity index (χ1) is 13.3. The Bertz CT molecular complexity index is 953. The van der Waals surface area contributed by atoms with E-state index in [0.717, 1.165) is 0 Å². The highest BCUT2D eigenvalue weighted by atomic mass is 19.4. The Labute approximate surface area is 158 Å². The molecule has 9 heteroatoms. The number of nitriles is 1. The van der Waals surface area contributed by atoms with Gasteiger partial charge in [-0.15, -0.1) is 0 Å². The number of hydrogen-bond donors (Lipinski definition) is 1. The number of alkyl halides is 3. The van der Waals surface area contributed by atoms with E-state index in [-0.39, 0.29) is 22.7 Å². The molecule has 2 aromatic carbocycles. The van der Waals surface area contributed by atoms with Gasteiger partial charge in [0.2, 0.25) is 5.91 Å². The molecule has 0 saturated carbocycles. The summed E-state index contributed by atoms with van der Waals surface area (Å²) in [5.41, 5.74) is 0.335. The van der Waals surface area contributed by atoms with Crippen molar-refractivity contribution in [3.63, 3.8) is 0 Å². The Kier molecular flexibility index (Phi) is 5.22. The Morgan fingerprint density at radius 2 is 2.00 bits per heavy atom. The maximum atomic E-state index is 13.6. The van der Waals surface area contributed by atoms with Gasteiger partial charge in [0.15, 0.2) is 6.61 Å². The Hall–Kier alpha value is -3.54. The van der Waals surface area contributed by atoms with Crippen molar-refractivity contribution in [1.29, 1.82) is 5.26 Å². The number of halogens is 3. The van der Waals surface area contributed by atoms with E-state index in [1.165, 1.54) is 42.5 Å². The van der Waals surface area contributed by atoms with Gasteiger partial charge < -0.3 is 10.1 Å². The molecule has 0 saturated heterocycles. The van der Waals surface area contributed by atoms with Gasteiger partial charge in [-0.3, -0.25) is 14.5 Å². The lowest BCUT2D eigenvalue weighted by Gasteiger charge is -2.31. The molecule has 1 atom stereocenters. The van der Waals surface area contributed by atoms with Gasteiger partial charge in [0.25, 0.3) is 5.91 Å². The van der Waals surface area contributed by atoms with Gasteiger partial charge in [-0.1, -0.05) is 18.2 Å². The fourth-order valence-corrected chi connectivity index (χ4v) is 2.87. The van der Waals surface area contributed by atoms with Crippen LogP contribution in [-0.4, -0.2) is 30.6 Å². The van der Waals surface area contributed by atoms with Crippen LogP contribution in [0.4, 0.5) is 24.5 Å². The first kappa shape index (κ1) is 19.2. The minimum Gasteiger partial charge on any atom is -0.484 e. The monoisotopic (exact) mass is 389 g/mol. The average Bonchev–Trinajstić information content (AvgIpc) is 2.82. The second-order valence-electron chi connectivity index (χ2n) is 6.02. The summed E-state index contributed by atoms with van der Waals surface area (Å²) in [4.78, 5) is 25.2. The summed E-state index contributed by atoms with van der Waals surface area (Å²) in [5, 5.41) is 11.3. The molecule has 0 bridgehead atoms. The molecule has 0 spiro atoms. The number of nitrogens with zero attached hydrogens (tertiary/aromatic N) is 2. The summed E-state index contributed by atoms with van der Waals surface area (Å²) in [6.45, 7) is -0.690. The number of carbonyl (C=O) groups excluding carboxylic acids is 2. The van der Waals surface area contributed by atoms with Crippen LogP contribution in [0.1, 0.15) is 12.0 Å². The van der Waals surface area contributed by atoms with E-state index in [9.17, 15) is 22.8 Å². The van der Waals surface area contributed by atoms with E-state index in [1.807, 2.05) is 6.07 Å². The van der Waals surface area contributed by atoms with E-state index in [4.69, 9.17) is 10.00 Å². The van der Waals surface area contributed by atoms with Crippen LogP contribution in [0, 0.1) is 11.3 Å². The van der Waals surface area contributed by atoms with Crippen LogP contribution in [-0.2, 0) is 9.59 Å². The second kappa shape index (κ2) is 7.60. The summed E-state index contributed by atoms with van der Waals surface area (Å²) in [6, 6.07) is 11.2. The third kappa shape index (κ3) is 4.06. The van der Waals surface area contributed by atoms with Crippen LogP contribution >= 0.6 is 0 Å². The van der Waals surface area contributed by atoms with Crippen molar-refractivity contribution in [2.45, 2.75) is 18.6 Å². The quantitative estimate of drug-likeness (QED) is 0.874. The summed E-state index contributed by atoms with van der Waals surface area (Å²) in [6.07, 6.45) is -5.74. The standard InChI is InChI=1S/C19H14F3N3O3/c20-19(21,22)16-9-17(26)24-14-6-1-2-7-15(14)25(16)18(27)11-28-13-5-3-4-12(8-13)10-23/h1-8,16H,9,11H2,(H,24,26)/t16-/m1/s1. The molecule has 144 valence electrons. The Balaban J connectivity index is 1.91. The number of fused-ring (bicyclic) bond motifs is 1. The van der Waals surface area contributed by atoms with E-state index in [0.29, 0.717) is 4.90 Å². The predicted molar refractivity (Wildman–Crippen MR) is 93.7 cm³/mol. The number of ether oxygens (including phenoxy) is 1. The molecule has 1 aliphatic heterocycles. The van der Waals surface area contributed by atoms with Crippen LogP contribution < -0.4 is 15.0 Å². The molecule has 0 aromatic heterocycles. The van der Waals surface area contributed by atoms with Gasteiger partial charge in [0.05, 0.1) is 29.4 Å². The molecule has 1 aliphatic rings. The zero-order chi connectivity index (χ0) is 20.3. The topological polar surface area (TPSA) is 82.4 Å². The number of nitrogens with one attached hydrogen (secondary N) is 1. The van der Waals surface area contributed by atoms with Gasteiger partial charge in [-0.25, -0.2) is 0 Å². The molecule has 0 radical (unpaired) electrons. The lowest BCUT2D eigenvalue weighted by atomic mass is 10.1. The van der Waals surface area contributed by atoms with Gasteiger partial charge in [-0.05, 0) is 30.3 Å². The summed E-state index contributed by atoms with van der Waals surface area (Å²) in [5.74, 6) is -1.63. The number of carbonyl (C=O) groups is 2. The lowest BCUT2D eigenvalue weighted by molar-refractivity contribution is -0.158. The number of hydrogen-bond acceptors (Lipinski definition) is 4. The Morgan fingerprint density at radius 3 is 2.71 bits per heavy atom.